The Morgan fingerprint density at radius 2 is 2.07 bits per heavy atom. The average Bonchev–Trinajstić information content (AvgIpc) is 2.67. The van der Waals surface area contributed by atoms with Crippen molar-refractivity contribution in [1.29, 1.82) is 0 Å². The van der Waals surface area contributed by atoms with Crippen LogP contribution in [0.3, 0.4) is 0 Å². The number of carbonyl (C=O) groups excluding carboxylic acids is 2. The Bertz CT molecular complexity index is 654. The predicted molar refractivity (Wildman–Crippen MR) is 101 cm³/mol. The van der Waals surface area contributed by atoms with Gasteiger partial charge in [-0.1, -0.05) is 31.2 Å². The number of rotatable bonds is 6. The Morgan fingerprint density at radius 1 is 1.26 bits per heavy atom. The molecule has 3 atom stereocenters. The Labute approximate surface area is 160 Å². The summed E-state index contributed by atoms with van der Waals surface area (Å²) < 4.78 is 21.9. The summed E-state index contributed by atoms with van der Waals surface area (Å²) in [6.07, 6.45) is 6.10. The standard InChI is InChI=1S/C21H28O6/c1-15-7-4-5-8-16-9-6-10-18(25-3)20(16)21(23)27-17(11-12-22)13-19(15)26-14-24-2/h4-6,9-10,12,15,17,19H,7-8,11,13-14H2,1-3H3/b5-4+/t15-,17?,19+/m0/s1. The van der Waals surface area contributed by atoms with Crippen LogP contribution >= 0.6 is 0 Å². The molecule has 0 fully saturated rings. The lowest BCUT2D eigenvalue weighted by Gasteiger charge is -2.27. The van der Waals surface area contributed by atoms with Crippen LogP contribution in [0.15, 0.2) is 30.4 Å². The third kappa shape index (κ3) is 5.91. The number of methoxy groups -OCH3 is 2. The second kappa shape index (κ2) is 10.8. The van der Waals surface area contributed by atoms with Gasteiger partial charge in [0.1, 0.15) is 30.5 Å². The van der Waals surface area contributed by atoms with Crippen molar-refractivity contribution in [2.45, 2.75) is 44.8 Å². The van der Waals surface area contributed by atoms with Crippen LogP contribution in [0, 0.1) is 5.92 Å². The average molecular weight is 376 g/mol. The first-order valence-electron chi connectivity index (χ1n) is 9.16. The molecular weight excluding hydrogens is 348 g/mol. The molecule has 0 spiro atoms. The van der Waals surface area contributed by atoms with Crippen LogP contribution in [-0.2, 0) is 25.4 Å². The smallest absolute Gasteiger partial charge is 0.342 e. The summed E-state index contributed by atoms with van der Waals surface area (Å²) in [5.41, 5.74) is 1.24. The van der Waals surface area contributed by atoms with Gasteiger partial charge in [0.2, 0.25) is 0 Å². The molecule has 1 aromatic rings. The van der Waals surface area contributed by atoms with Gasteiger partial charge in [-0.2, -0.15) is 0 Å². The van der Waals surface area contributed by atoms with Crippen LogP contribution in [0.1, 0.15) is 42.1 Å². The first kappa shape index (κ1) is 21.1. The molecule has 0 bridgehead atoms. The summed E-state index contributed by atoms with van der Waals surface area (Å²) in [5.74, 6) is 0.170. The molecule has 6 heteroatoms. The van der Waals surface area contributed by atoms with Crippen molar-refractivity contribution in [1.82, 2.24) is 0 Å². The minimum Gasteiger partial charge on any atom is -0.496 e. The normalized spacial score (nSPS) is 24.7. The lowest BCUT2D eigenvalue weighted by atomic mass is 9.93. The van der Waals surface area contributed by atoms with Gasteiger partial charge in [-0.15, -0.1) is 0 Å². The van der Waals surface area contributed by atoms with Crippen LogP contribution in [0.25, 0.3) is 0 Å². The predicted octanol–water partition coefficient (Wildman–Crippen LogP) is 3.33. The Morgan fingerprint density at radius 3 is 2.78 bits per heavy atom. The molecule has 1 aromatic carbocycles. The summed E-state index contributed by atoms with van der Waals surface area (Å²) in [6, 6.07) is 5.47. The Hall–Kier alpha value is -2.18. The molecule has 1 unspecified atom stereocenters. The lowest BCUT2D eigenvalue weighted by molar-refractivity contribution is -0.114. The number of allylic oxidation sites excluding steroid dienone is 2. The second-order valence-corrected chi connectivity index (χ2v) is 6.66. The molecule has 27 heavy (non-hydrogen) atoms. The molecule has 0 N–H and O–H groups in total. The molecule has 1 heterocycles. The van der Waals surface area contributed by atoms with E-state index >= 15 is 0 Å². The number of hydrogen-bond acceptors (Lipinski definition) is 6. The number of fused-ring (bicyclic) bond motifs is 1. The first-order chi connectivity index (χ1) is 13.1. The van der Waals surface area contributed by atoms with Crippen molar-refractivity contribution >= 4 is 12.3 Å². The van der Waals surface area contributed by atoms with Crippen LogP contribution in [0.4, 0.5) is 0 Å². The van der Waals surface area contributed by atoms with Crippen LogP contribution in [0.2, 0.25) is 0 Å². The third-order valence-corrected chi connectivity index (χ3v) is 4.71. The quantitative estimate of drug-likeness (QED) is 0.328. The summed E-state index contributed by atoms with van der Waals surface area (Å²) >= 11 is 0. The number of hydrogen-bond donors (Lipinski definition) is 0. The molecule has 1 aliphatic heterocycles. The van der Waals surface area contributed by atoms with Crippen molar-refractivity contribution in [3.8, 4) is 5.75 Å². The minimum atomic E-state index is -0.569. The van der Waals surface area contributed by atoms with E-state index in [1.165, 1.54) is 7.11 Å². The highest BCUT2D eigenvalue weighted by Gasteiger charge is 2.27. The maximum absolute atomic E-state index is 12.9. The van der Waals surface area contributed by atoms with E-state index < -0.39 is 12.1 Å². The highest BCUT2D eigenvalue weighted by Crippen LogP contribution is 2.27. The zero-order chi connectivity index (χ0) is 19.6. The molecule has 0 saturated heterocycles. The number of esters is 1. The SMILES string of the molecule is COCO[C@@H]1CC(CC=O)OC(=O)c2c(cccc2OC)C/C=C/C[C@@H]1C. The first-order valence-corrected chi connectivity index (χ1v) is 9.16. The number of ether oxygens (including phenoxy) is 4. The van der Waals surface area contributed by atoms with Gasteiger partial charge in [-0.3, -0.25) is 0 Å². The molecule has 2 rings (SSSR count). The summed E-state index contributed by atoms with van der Waals surface area (Å²) in [4.78, 5) is 24.0. The topological polar surface area (TPSA) is 71.1 Å². The van der Waals surface area contributed by atoms with E-state index in [2.05, 4.69) is 13.0 Å². The van der Waals surface area contributed by atoms with Gasteiger partial charge in [-0.05, 0) is 30.4 Å². The highest BCUT2D eigenvalue weighted by atomic mass is 16.7. The molecular formula is C21H28O6. The summed E-state index contributed by atoms with van der Waals surface area (Å²) in [6.45, 7) is 2.23. The number of carbonyl (C=O) groups is 2. The summed E-state index contributed by atoms with van der Waals surface area (Å²) in [7, 11) is 3.08. The van der Waals surface area contributed by atoms with Crippen LogP contribution in [-0.4, -0.2) is 45.5 Å². The fraction of sp³-hybridized carbons (Fsp3) is 0.524. The van der Waals surface area contributed by atoms with E-state index in [-0.39, 0.29) is 25.2 Å². The van der Waals surface area contributed by atoms with E-state index in [4.69, 9.17) is 18.9 Å². The molecule has 0 radical (unpaired) electrons. The van der Waals surface area contributed by atoms with Crippen molar-refractivity contribution < 1.29 is 28.5 Å². The van der Waals surface area contributed by atoms with Gasteiger partial charge in [-0.25, -0.2) is 4.79 Å². The maximum Gasteiger partial charge on any atom is 0.342 e. The van der Waals surface area contributed by atoms with Crippen molar-refractivity contribution in [3.05, 3.63) is 41.5 Å². The fourth-order valence-corrected chi connectivity index (χ4v) is 3.21. The van der Waals surface area contributed by atoms with Crippen molar-refractivity contribution in [2.24, 2.45) is 5.92 Å². The van der Waals surface area contributed by atoms with Crippen molar-refractivity contribution in [2.75, 3.05) is 21.0 Å². The fourth-order valence-electron chi connectivity index (χ4n) is 3.21. The van der Waals surface area contributed by atoms with E-state index in [0.29, 0.717) is 24.2 Å². The molecule has 1 aliphatic rings. The van der Waals surface area contributed by atoms with Gasteiger partial charge < -0.3 is 23.7 Å². The monoisotopic (exact) mass is 376 g/mol. The largest absolute Gasteiger partial charge is 0.496 e. The van der Waals surface area contributed by atoms with E-state index in [1.807, 2.05) is 18.2 Å². The Balaban J connectivity index is 2.36. The number of cyclic esters (lactones) is 1. The number of benzene rings is 1. The number of aldehydes is 1. The lowest BCUT2D eigenvalue weighted by Crippen LogP contribution is -2.31. The van der Waals surface area contributed by atoms with Gasteiger partial charge in [0, 0.05) is 20.0 Å². The van der Waals surface area contributed by atoms with Gasteiger partial charge >= 0.3 is 5.97 Å². The van der Waals surface area contributed by atoms with E-state index in [9.17, 15) is 9.59 Å². The molecule has 148 valence electrons. The van der Waals surface area contributed by atoms with Gasteiger partial charge in [0.15, 0.2) is 0 Å². The van der Waals surface area contributed by atoms with E-state index in [0.717, 1.165) is 18.3 Å². The molecule has 0 aliphatic carbocycles. The highest BCUT2D eigenvalue weighted by molar-refractivity contribution is 5.94. The van der Waals surface area contributed by atoms with Gasteiger partial charge in [0.05, 0.1) is 13.2 Å². The van der Waals surface area contributed by atoms with Crippen molar-refractivity contribution in [3.63, 3.8) is 0 Å². The molecule has 0 amide bonds. The summed E-state index contributed by atoms with van der Waals surface area (Å²) in [5, 5.41) is 0. The van der Waals surface area contributed by atoms with E-state index in [1.54, 1.807) is 13.2 Å². The van der Waals surface area contributed by atoms with Gasteiger partial charge in [0.25, 0.3) is 0 Å². The molecule has 0 saturated carbocycles. The Kier molecular flexibility index (Phi) is 8.48. The van der Waals surface area contributed by atoms with Crippen LogP contribution < -0.4 is 4.74 Å². The third-order valence-electron chi connectivity index (χ3n) is 4.71. The maximum atomic E-state index is 12.9. The molecule has 6 nitrogen and oxygen atoms in total. The zero-order valence-corrected chi connectivity index (χ0v) is 16.2. The molecule has 0 aromatic heterocycles. The minimum absolute atomic E-state index is 0.117. The van der Waals surface area contributed by atoms with Crippen LogP contribution in [0.5, 0.6) is 5.75 Å². The zero-order valence-electron chi connectivity index (χ0n) is 16.2. The second-order valence-electron chi connectivity index (χ2n) is 6.66.